The third kappa shape index (κ3) is 5.12. The molecule has 5 heteroatoms. The fourth-order valence-corrected chi connectivity index (χ4v) is 3.83. The van der Waals surface area contributed by atoms with Crippen LogP contribution >= 0.6 is 0 Å². The Morgan fingerprint density at radius 3 is 2.45 bits per heavy atom. The van der Waals surface area contributed by atoms with Gasteiger partial charge in [0.15, 0.2) is 11.5 Å². The van der Waals surface area contributed by atoms with Gasteiger partial charge in [0.2, 0.25) is 0 Å². The molecule has 1 heterocycles. The molecule has 0 amide bonds. The van der Waals surface area contributed by atoms with Crippen LogP contribution in [0.25, 0.3) is 0 Å². The average Bonchev–Trinajstić information content (AvgIpc) is 3.16. The van der Waals surface area contributed by atoms with Gasteiger partial charge in [-0.05, 0) is 42.3 Å². The molecule has 1 unspecified atom stereocenters. The lowest BCUT2D eigenvalue weighted by atomic mass is 10.1. The molecular weight excluding hydrogens is 390 g/mol. The molecule has 0 saturated carbocycles. The Morgan fingerprint density at radius 2 is 1.68 bits per heavy atom. The molecule has 0 bridgehead atoms. The zero-order valence-electron chi connectivity index (χ0n) is 18.3. The van der Waals surface area contributed by atoms with Gasteiger partial charge in [-0.3, -0.25) is 0 Å². The lowest BCUT2D eigenvalue weighted by Crippen LogP contribution is -2.14. The minimum atomic E-state index is 0.219. The van der Waals surface area contributed by atoms with Crippen molar-refractivity contribution in [2.75, 3.05) is 14.2 Å². The van der Waals surface area contributed by atoms with Gasteiger partial charge in [0, 0.05) is 30.6 Å². The number of fused-ring (bicyclic) bond motifs is 1. The largest absolute Gasteiger partial charge is 0.496 e. The van der Waals surface area contributed by atoms with Crippen molar-refractivity contribution >= 4 is 0 Å². The molecule has 0 spiro atoms. The monoisotopic (exact) mass is 419 g/mol. The number of ether oxygens (including phenoxy) is 4. The SMILES string of the molecule is COc1cc2c(cc1CNCc1ccc(OC)c(OCc3ccccc3)c1)OC(C)C2. The maximum absolute atomic E-state index is 6.03. The summed E-state index contributed by atoms with van der Waals surface area (Å²) in [6.07, 6.45) is 1.15. The van der Waals surface area contributed by atoms with Crippen LogP contribution in [0.2, 0.25) is 0 Å². The Morgan fingerprint density at radius 1 is 0.871 bits per heavy atom. The van der Waals surface area contributed by atoms with Crippen molar-refractivity contribution in [3.05, 3.63) is 82.9 Å². The van der Waals surface area contributed by atoms with E-state index in [0.29, 0.717) is 19.7 Å². The maximum atomic E-state index is 6.03. The summed E-state index contributed by atoms with van der Waals surface area (Å²) in [7, 11) is 3.37. The van der Waals surface area contributed by atoms with Crippen LogP contribution < -0.4 is 24.3 Å². The molecule has 5 nitrogen and oxygen atoms in total. The molecule has 3 aromatic rings. The summed E-state index contributed by atoms with van der Waals surface area (Å²) in [6, 6.07) is 20.3. The standard InChI is InChI=1S/C26H29NO4/c1-18-11-21-13-24(29-3)22(14-25(21)31-18)16-27-15-20-9-10-23(28-2)26(12-20)30-17-19-7-5-4-6-8-19/h4-10,12-14,18,27H,11,15-17H2,1-3H3. The number of benzene rings is 3. The van der Waals surface area contributed by atoms with Crippen molar-refractivity contribution in [3.8, 4) is 23.0 Å². The molecule has 0 aromatic heterocycles. The van der Waals surface area contributed by atoms with Crippen molar-refractivity contribution in [1.82, 2.24) is 5.32 Å². The highest BCUT2D eigenvalue weighted by molar-refractivity contribution is 5.49. The third-order valence-electron chi connectivity index (χ3n) is 5.41. The Bertz CT molecular complexity index is 1020. The molecule has 1 N–H and O–H groups in total. The number of hydrogen-bond acceptors (Lipinski definition) is 5. The minimum absolute atomic E-state index is 0.219. The summed E-state index contributed by atoms with van der Waals surface area (Å²) >= 11 is 0. The minimum Gasteiger partial charge on any atom is -0.496 e. The van der Waals surface area contributed by atoms with Gasteiger partial charge < -0.3 is 24.3 Å². The van der Waals surface area contributed by atoms with Crippen molar-refractivity contribution in [3.63, 3.8) is 0 Å². The summed E-state index contributed by atoms with van der Waals surface area (Å²) in [5, 5.41) is 3.50. The van der Waals surface area contributed by atoms with Gasteiger partial charge in [-0.1, -0.05) is 36.4 Å². The zero-order valence-corrected chi connectivity index (χ0v) is 18.3. The van der Waals surface area contributed by atoms with Crippen LogP contribution in [0, 0.1) is 0 Å². The van der Waals surface area contributed by atoms with Gasteiger partial charge in [-0.25, -0.2) is 0 Å². The first-order chi connectivity index (χ1) is 15.2. The smallest absolute Gasteiger partial charge is 0.161 e. The number of methoxy groups -OCH3 is 2. The van der Waals surface area contributed by atoms with Gasteiger partial charge in [-0.2, -0.15) is 0 Å². The van der Waals surface area contributed by atoms with Crippen LogP contribution in [-0.2, 0) is 26.1 Å². The maximum Gasteiger partial charge on any atom is 0.161 e. The predicted octanol–water partition coefficient (Wildman–Crippen LogP) is 4.90. The normalized spacial score (nSPS) is 14.6. The molecular formula is C26H29NO4. The van der Waals surface area contributed by atoms with Gasteiger partial charge >= 0.3 is 0 Å². The number of rotatable bonds is 9. The van der Waals surface area contributed by atoms with E-state index in [1.165, 1.54) is 5.56 Å². The van der Waals surface area contributed by atoms with E-state index in [1.807, 2.05) is 48.5 Å². The van der Waals surface area contributed by atoms with Crippen molar-refractivity contribution in [1.29, 1.82) is 0 Å². The lowest BCUT2D eigenvalue weighted by Gasteiger charge is -2.14. The molecule has 1 aliphatic rings. The summed E-state index contributed by atoms with van der Waals surface area (Å²) in [5.41, 5.74) is 4.54. The van der Waals surface area contributed by atoms with Crippen LogP contribution in [-0.4, -0.2) is 20.3 Å². The Labute approximate surface area is 183 Å². The van der Waals surface area contributed by atoms with E-state index in [1.54, 1.807) is 14.2 Å². The second kappa shape index (κ2) is 9.75. The fraction of sp³-hybridized carbons (Fsp3) is 0.308. The average molecular weight is 420 g/mol. The second-order valence-corrected chi connectivity index (χ2v) is 7.77. The Hall–Kier alpha value is -3.18. The van der Waals surface area contributed by atoms with Crippen LogP contribution in [0.5, 0.6) is 23.0 Å². The first-order valence-corrected chi connectivity index (χ1v) is 10.6. The molecule has 0 fully saturated rings. The highest BCUT2D eigenvalue weighted by atomic mass is 16.5. The first-order valence-electron chi connectivity index (χ1n) is 10.6. The molecule has 162 valence electrons. The highest BCUT2D eigenvalue weighted by Gasteiger charge is 2.21. The lowest BCUT2D eigenvalue weighted by molar-refractivity contribution is 0.254. The summed E-state index contributed by atoms with van der Waals surface area (Å²) < 4.78 is 23.0. The van der Waals surface area contributed by atoms with E-state index < -0.39 is 0 Å². The quantitative estimate of drug-likeness (QED) is 0.535. The molecule has 1 aliphatic heterocycles. The number of nitrogens with one attached hydrogen (secondary N) is 1. The van der Waals surface area contributed by atoms with Gasteiger partial charge in [0.1, 0.15) is 24.2 Å². The summed E-state index contributed by atoms with van der Waals surface area (Å²) in [5.74, 6) is 3.33. The highest BCUT2D eigenvalue weighted by Crippen LogP contribution is 2.35. The van der Waals surface area contributed by atoms with Gasteiger partial charge in [0.25, 0.3) is 0 Å². The van der Waals surface area contributed by atoms with Crippen LogP contribution in [0.4, 0.5) is 0 Å². The van der Waals surface area contributed by atoms with Gasteiger partial charge in [-0.15, -0.1) is 0 Å². The number of hydrogen-bond donors (Lipinski definition) is 1. The van der Waals surface area contributed by atoms with E-state index in [4.69, 9.17) is 18.9 Å². The fourth-order valence-electron chi connectivity index (χ4n) is 3.83. The van der Waals surface area contributed by atoms with E-state index in [2.05, 4.69) is 24.4 Å². The van der Waals surface area contributed by atoms with E-state index in [-0.39, 0.29) is 6.10 Å². The molecule has 1 atom stereocenters. The summed E-state index contributed by atoms with van der Waals surface area (Å²) in [6.45, 7) is 3.97. The van der Waals surface area contributed by atoms with Crippen molar-refractivity contribution in [2.24, 2.45) is 0 Å². The molecule has 3 aromatic carbocycles. The Kier molecular flexibility index (Phi) is 6.63. The van der Waals surface area contributed by atoms with Crippen molar-refractivity contribution < 1.29 is 18.9 Å². The zero-order chi connectivity index (χ0) is 21.6. The van der Waals surface area contributed by atoms with E-state index in [9.17, 15) is 0 Å². The van der Waals surface area contributed by atoms with E-state index >= 15 is 0 Å². The first kappa shape index (κ1) is 21.1. The Balaban J connectivity index is 1.40. The molecule has 0 saturated heterocycles. The second-order valence-electron chi connectivity index (χ2n) is 7.77. The van der Waals surface area contributed by atoms with Crippen LogP contribution in [0.15, 0.2) is 60.7 Å². The predicted molar refractivity (Wildman–Crippen MR) is 121 cm³/mol. The van der Waals surface area contributed by atoms with Crippen LogP contribution in [0.3, 0.4) is 0 Å². The molecule has 31 heavy (non-hydrogen) atoms. The van der Waals surface area contributed by atoms with Gasteiger partial charge in [0.05, 0.1) is 14.2 Å². The van der Waals surface area contributed by atoms with E-state index in [0.717, 1.165) is 46.1 Å². The third-order valence-corrected chi connectivity index (χ3v) is 5.41. The summed E-state index contributed by atoms with van der Waals surface area (Å²) in [4.78, 5) is 0. The molecule has 0 radical (unpaired) electrons. The molecule has 0 aliphatic carbocycles. The topological polar surface area (TPSA) is 49.0 Å². The van der Waals surface area contributed by atoms with Crippen molar-refractivity contribution in [2.45, 2.75) is 39.1 Å². The van der Waals surface area contributed by atoms with Crippen LogP contribution in [0.1, 0.15) is 29.2 Å². The molecule has 4 rings (SSSR count).